The van der Waals surface area contributed by atoms with Crippen LogP contribution >= 0.6 is 0 Å². The molecule has 0 saturated heterocycles. The Morgan fingerprint density at radius 1 is 1.18 bits per heavy atom. The molecule has 0 aliphatic carbocycles. The molecule has 12 nitrogen and oxygen atoms in total. The molecule has 0 fully saturated rings. The number of ether oxygens (including phenoxy) is 2. The van der Waals surface area contributed by atoms with E-state index in [0.717, 1.165) is 5.69 Å². The summed E-state index contributed by atoms with van der Waals surface area (Å²) in [6, 6.07) is 12.8. The van der Waals surface area contributed by atoms with Gasteiger partial charge in [-0.1, -0.05) is 0 Å². The normalized spacial score (nSPS) is 15.1. The number of nitro benzene ring substituents is 1. The number of rotatable bonds is 5. The van der Waals surface area contributed by atoms with Crippen molar-refractivity contribution in [3.63, 3.8) is 0 Å². The molecule has 1 aliphatic rings. The first-order chi connectivity index (χ1) is 16.4. The first-order valence-electron chi connectivity index (χ1n) is 10.4. The summed E-state index contributed by atoms with van der Waals surface area (Å²) in [5.74, 6) is 1.21. The number of carbonyl (C=O) groups excluding carboxylic acids is 1. The quantitative estimate of drug-likeness (QED) is 0.341. The van der Waals surface area contributed by atoms with Gasteiger partial charge in [0.15, 0.2) is 11.4 Å². The van der Waals surface area contributed by atoms with E-state index in [1.54, 1.807) is 13.2 Å². The van der Waals surface area contributed by atoms with Gasteiger partial charge in [0.25, 0.3) is 11.7 Å². The van der Waals surface area contributed by atoms with Crippen LogP contribution in [0.3, 0.4) is 0 Å². The zero-order valence-corrected chi connectivity index (χ0v) is 18.3. The van der Waals surface area contributed by atoms with E-state index in [2.05, 4.69) is 15.4 Å². The van der Waals surface area contributed by atoms with Gasteiger partial charge in [-0.3, -0.25) is 20.1 Å². The van der Waals surface area contributed by atoms with E-state index in [9.17, 15) is 14.9 Å². The molecule has 5 rings (SSSR count). The zero-order valence-electron chi connectivity index (χ0n) is 18.3. The Kier molecular flexibility index (Phi) is 5.24. The summed E-state index contributed by atoms with van der Waals surface area (Å²) in [7, 11) is 1.60. The fourth-order valence-corrected chi connectivity index (χ4v) is 3.84. The molecule has 34 heavy (non-hydrogen) atoms. The lowest BCUT2D eigenvalue weighted by molar-refractivity contribution is -0.384. The van der Waals surface area contributed by atoms with Crippen LogP contribution in [0.2, 0.25) is 0 Å². The minimum atomic E-state index is -0.748. The van der Waals surface area contributed by atoms with Crippen molar-refractivity contribution in [2.45, 2.75) is 19.5 Å². The summed E-state index contributed by atoms with van der Waals surface area (Å²) in [4.78, 5) is 29.1. The number of oxazole rings is 1. The van der Waals surface area contributed by atoms with Gasteiger partial charge in [0.1, 0.15) is 17.0 Å². The minimum Gasteiger partial charge on any atom is -0.497 e. The van der Waals surface area contributed by atoms with Crippen molar-refractivity contribution in [3.05, 3.63) is 64.3 Å². The van der Waals surface area contributed by atoms with Crippen molar-refractivity contribution in [2.75, 3.05) is 23.9 Å². The molecule has 1 aliphatic heterocycles. The van der Waals surface area contributed by atoms with Crippen LogP contribution in [0.1, 0.15) is 18.7 Å². The predicted molar refractivity (Wildman–Crippen MR) is 121 cm³/mol. The van der Waals surface area contributed by atoms with Crippen LogP contribution in [-0.2, 0) is 6.54 Å². The molecule has 2 aromatic heterocycles. The monoisotopic (exact) mass is 464 g/mol. The predicted octanol–water partition coefficient (Wildman–Crippen LogP) is 4.13. The average Bonchev–Trinajstić information content (AvgIpc) is 3.43. The third kappa shape index (κ3) is 3.96. The maximum Gasteiger partial charge on any atom is 0.418 e. The number of non-ortho nitro benzene ring substituents is 1. The number of hydrogen-bond donors (Lipinski definition) is 1. The number of nitro groups is 1. The highest BCUT2D eigenvalue weighted by molar-refractivity contribution is 5.85. The molecule has 0 bridgehead atoms. The lowest BCUT2D eigenvalue weighted by atomic mass is 10.1. The molecular weight excluding hydrogens is 444 g/mol. The number of hydrogen-bond acceptors (Lipinski definition) is 9. The van der Waals surface area contributed by atoms with Crippen LogP contribution in [0.4, 0.5) is 22.3 Å². The fraction of sp³-hybridized carbons (Fsp3) is 0.227. The second kappa shape index (κ2) is 8.39. The van der Waals surface area contributed by atoms with Gasteiger partial charge in [-0.25, -0.2) is 4.79 Å². The van der Waals surface area contributed by atoms with Crippen molar-refractivity contribution in [1.29, 1.82) is 0 Å². The molecule has 1 atom stereocenters. The maximum absolute atomic E-state index is 12.3. The number of benzene rings is 2. The van der Waals surface area contributed by atoms with E-state index in [-0.39, 0.29) is 17.5 Å². The SMILES string of the molecule is COc1ccc2oc(N3CCn4nc(NC(=O)Oc5ccc([N+](=O)[O-])cc5)cc4C3C)nc2c1. The van der Waals surface area contributed by atoms with Crippen molar-refractivity contribution >= 4 is 34.7 Å². The third-order valence-corrected chi connectivity index (χ3v) is 5.58. The summed E-state index contributed by atoms with van der Waals surface area (Å²) in [6.07, 6.45) is -0.748. The number of amides is 1. The Balaban J connectivity index is 1.29. The number of carbonyl (C=O) groups is 1. The molecule has 12 heteroatoms. The molecule has 3 heterocycles. The largest absolute Gasteiger partial charge is 0.497 e. The van der Waals surface area contributed by atoms with Gasteiger partial charge in [0.05, 0.1) is 30.3 Å². The van der Waals surface area contributed by atoms with Crippen LogP contribution in [-0.4, -0.2) is 39.4 Å². The molecule has 2 aromatic carbocycles. The molecule has 0 spiro atoms. The summed E-state index contributed by atoms with van der Waals surface area (Å²) in [5.41, 5.74) is 2.15. The Hall–Kier alpha value is -4.61. The zero-order chi connectivity index (χ0) is 23.8. The smallest absolute Gasteiger partial charge is 0.418 e. The van der Waals surface area contributed by atoms with E-state index >= 15 is 0 Å². The van der Waals surface area contributed by atoms with Crippen molar-refractivity contribution in [2.24, 2.45) is 0 Å². The van der Waals surface area contributed by atoms with Gasteiger partial charge in [0, 0.05) is 30.8 Å². The van der Waals surface area contributed by atoms with Crippen molar-refractivity contribution < 1.29 is 23.6 Å². The number of nitrogens with one attached hydrogen (secondary N) is 1. The Morgan fingerprint density at radius 2 is 1.94 bits per heavy atom. The Bertz CT molecular complexity index is 1380. The van der Waals surface area contributed by atoms with Crippen molar-refractivity contribution in [1.82, 2.24) is 14.8 Å². The lowest BCUT2D eigenvalue weighted by Crippen LogP contribution is -2.37. The second-order valence-corrected chi connectivity index (χ2v) is 7.64. The van der Waals surface area contributed by atoms with Crippen LogP contribution in [0.5, 0.6) is 11.5 Å². The van der Waals surface area contributed by atoms with E-state index in [1.807, 2.05) is 34.7 Å². The van der Waals surface area contributed by atoms with E-state index in [0.29, 0.717) is 41.8 Å². The lowest BCUT2D eigenvalue weighted by Gasteiger charge is -2.32. The minimum absolute atomic E-state index is 0.0915. The van der Waals surface area contributed by atoms with Crippen molar-refractivity contribution in [3.8, 4) is 11.5 Å². The van der Waals surface area contributed by atoms with Gasteiger partial charge >= 0.3 is 6.09 Å². The van der Waals surface area contributed by atoms with Crippen LogP contribution in [0.25, 0.3) is 11.1 Å². The number of fused-ring (bicyclic) bond motifs is 2. The highest BCUT2D eigenvalue weighted by atomic mass is 16.6. The standard InChI is InChI=1S/C22H20N6O6/c1-13-18-12-20(24-22(29)33-15-5-3-14(4-6-15)28(30)31)25-27(18)10-9-26(13)21-23-17-11-16(32-2)7-8-19(17)34-21/h3-8,11-13H,9-10H2,1-2H3,(H,24,25,29). The Labute approximate surface area is 192 Å². The summed E-state index contributed by atoms with van der Waals surface area (Å²) >= 11 is 0. The van der Waals surface area contributed by atoms with Crippen LogP contribution in [0, 0.1) is 10.1 Å². The number of anilines is 2. The molecule has 0 radical (unpaired) electrons. The molecule has 1 unspecified atom stereocenters. The van der Waals surface area contributed by atoms with E-state index in [4.69, 9.17) is 13.9 Å². The first kappa shape index (κ1) is 21.2. The first-order valence-corrected chi connectivity index (χ1v) is 10.4. The second-order valence-electron chi connectivity index (χ2n) is 7.64. The topological polar surface area (TPSA) is 138 Å². The number of nitrogens with zero attached hydrogens (tertiary/aromatic N) is 5. The van der Waals surface area contributed by atoms with Gasteiger partial charge in [-0.05, 0) is 31.2 Å². The third-order valence-electron chi connectivity index (χ3n) is 5.58. The Morgan fingerprint density at radius 3 is 2.68 bits per heavy atom. The van der Waals surface area contributed by atoms with Gasteiger partial charge in [-0.2, -0.15) is 10.1 Å². The molecule has 0 saturated carbocycles. The summed E-state index contributed by atoms with van der Waals surface area (Å²) in [5, 5.41) is 17.8. The molecular formula is C22H20N6O6. The fourth-order valence-electron chi connectivity index (χ4n) is 3.84. The highest BCUT2D eigenvalue weighted by Gasteiger charge is 2.29. The molecule has 4 aromatic rings. The molecule has 1 amide bonds. The average molecular weight is 464 g/mol. The maximum atomic E-state index is 12.3. The molecule has 1 N–H and O–H groups in total. The summed E-state index contributed by atoms with van der Waals surface area (Å²) in [6.45, 7) is 3.19. The molecule has 174 valence electrons. The number of methoxy groups -OCH3 is 1. The van der Waals surface area contributed by atoms with Gasteiger partial charge < -0.3 is 18.8 Å². The number of aromatic nitrogens is 3. The highest BCUT2D eigenvalue weighted by Crippen LogP contribution is 2.33. The summed E-state index contributed by atoms with van der Waals surface area (Å²) < 4.78 is 18.2. The van der Waals surface area contributed by atoms with Gasteiger partial charge in [-0.15, -0.1) is 0 Å². The van der Waals surface area contributed by atoms with E-state index in [1.165, 1.54) is 24.3 Å². The van der Waals surface area contributed by atoms with Crippen LogP contribution in [0.15, 0.2) is 52.9 Å². The van der Waals surface area contributed by atoms with E-state index < -0.39 is 11.0 Å². The van der Waals surface area contributed by atoms with Gasteiger partial charge in [0.2, 0.25) is 0 Å². The van der Waals surface area contributed by atoms with Crippen LogP contribution < -0.4 is 19.7 Å².